The summed E-state index contributed by atoms with van der Waals surface area (Å²) in [5.74, 6) is 2.22. The van der Waals surface area contributed by atoms with Crippen molar-refractivity contribution in [3.8, 4) is 0 Å². The predicted octanol–water partition coefficient (Wildman–Crippen LogP) is 4.17. The quantitative estimate of drug-likeness (QED) is 0.901. The van der Waals surface area contributed by atoms with Gasteiger partial charge in [0.2, 0.25) is 0 Å². The zero-order valence-electron chi connectivity index (χ0n) is 12.6. The third-order valence-electron chi connectivity index (χ3n) is 6.23. The zero-order chi connectivity index (χ0) is 14.4. The van der Waals surface area contributed by atoms with E-state index in [4.69, 9.17) is 5.11 Å². The van der Waals surface area contributed by atoms with Crippen molar-refractivity contribution in [1.29, 1.82) is 0 Å². The average Bonchev–Trinajstić information content (AvgIpc) is 2.44. The van der Waals surface area contributed by atoms with Crippen LogP contribution in [-0.4, -0.2) is 11.1 Å². The second-order valence-corrected chi connectivity index (χ2v) is 7.79. The Bertz CT molecular complexity index is 508. The first-order valence-corrected chi connectivity index (χ1v) is 8.44. The Morgan fingerprint density at radius 2 is 1.52 bits per heavy atom. The fourth-order valence-corrected chi connectivity index (χ4v) is 5.74. The molecule has 4 fully saturated rings. The lowest BCUT2D eigenvalue weighted by Crippen LogP contribution is -2.48. The Morgan fingerprint density at radius 3 is 2.00 bits per heavy atom. The van der Waals surface area contributed by atoms with Crippen LogP contribution in [0, 0.1) is 17.8 Å². The predicted molar refractivity (Wildman–Crippen MR) is 82.2 cm³/mol. The fraction of sp³-hybridized carbons (Fsp3) is 0.632. The van der Waals surface area contributed by atoms with Gasteiger partial charge in [0.25, 0.3) is 0 Å². The lowest BCUT2D eigenvalue weighted by molar-refractivity contribution is -0.136. The molecule has 2 nitrogen and oxygen atoms in total. The van der Waals surface area contributed by atoms with Gasteiger partial charge in [0, 0.05) is 6.42 Å². The number of carboxylic acid groups (broad SMARTS) is 1. The van der Waals surface area contributed by atoms with E-state index >= 15 is 0 Å². The minimum Gasteiger partial charge on any atom is -0.481 e. The van der Waals surface area contributed by atoms with Crippen molar-refractivity contribution in [1.82, 2.24) is 0 Å². The minimum absolute atomic E-state index is 0.233. The van der Waals surface area contributed by atoms with Crippen molar-refractivity contribution in [2.45, 2.75) is 56.8 Å². The molecule has 1 aromatic rings. The Kier molecular flexibility index (Phi) is 3.09. The Hall–Kier alpha value is -1.31. The van der Waals surface area contributed by atoms with Crippen LogP contribution in [0.4, 0.5) is 0 Å². The minimum atomic E-state index is -0.708. The van der Waals surface area contributed by atoms with E-state index in [1.54, 1.807) is 0 Å². The molecule has 0 unspecified atom stereocenters. The lowest BCUT2D eigenvalue weighted by Gasteiger charge is -2.57. The van der Waals surface area contributed by atoms with E-state index in [2.05, 4.69) is 24.3 Å². The first kappa shape index (κ1) is 13.4. The van der Waals surface area contributed by atoms with Gasteiger partial charge in [0.15, 0.2) is 0 Å². The largest absolute Gasteiger partial charge is 0.481 e. The number of hydrogen-bond donors (Lipinski definition) is 1. The van der Waals surface area contributed by atoms with E-state index in [0.29, 0.717) is 11.8 Å². The summed E-state index contributed by atoms with van der Waals surface area (Å²) < 4.78 is 0. The van der Waals surface area contributed by atoms with E-state index < -0.39 is 5.97 Å². The summed E-state index contributed by atoms with van der Waals surface area (Å²) in [6.45, 7) is 0. The molecule has 0 aliphatic heterocycles. The van der Waals surface area contributed by atoms with Crippen LogP contribution in [0.5, 0.6) is 0 Å². The molecule has 0 saturated heterocycles. The summed E-state index contributed by atoms with van der Waals surface area (Å²) in [4.78, 5) is 10.7. The maximum Gasteiger partial charge on any atom is 0.303 e. The van der Waals surface area contributed by atoms with E-state index in [1.165, 1.54) is 44.1 Å². The molecular formula is C19H24O2. The summed E-state index contributed by atoms with van der Waals surface area (Å²) in [7, 11) is 0. The SMILES string of the molecule is O=C(O)CCc1ccc(C23CC4CC(CC(C4)C2)C3)cc1. The summed E-state index contributed by atoms with van der Waals surface area (Å²) in [6, 6.07) is 8.92. The van der Waals surface area contributed by atoms with Gasteiger partial charge in [0.05, 0.1) is 0 Å². The van der Waals surface area contributed by atoms with E-state index in [-0.39, 0.29) is 6.42 Å². The van der Waals surface area contributed by atoms with Crippen molar-refractivity contribution >= 4 is 5.97 Å². The van der Waals surface area contributed by atoms with Crippen LogP contribution in [-0.2, 0) is 16.6 Å². The van der Waals surface area contributed by atoms with Crippen LogP contribution in [0.2, 0.25) is 0 Å². The average molecular weight is 284 g/mol. The molecule has 0 aromatic heterocycles. The number of benzene rings is 1. The highest BCUT2D eigenvalue weighted by Crippen LogP contribution is 2.60. The van der Waals surface area contributed by atoms with Crippen molar-refractivity contribution in [2.75, 3.05) is 0 Å². The van der Waals surface area contributed by atoms with Gasteiger partial charge in [-0.05, 0) is 79.2 Å². The molecule has 1 N–H and O–H groups in total. The maximum atomic E-state index is 10.7. The molecule has 0 radical (unpaired) electrons. The number of aryl methyl sites for hydroxylation is 1. The number of hydrogen-bond acceptors (Lipinski definition) is 1. The monoisotopic (exact) mass is 284 g/mol. The Labute approximate surface area is 126 Å². The fourth-order valence-electron chi connectivity index (χ4n) is 5.74. The van der Waals surface area contributed by atoms with Crippen LogP contribution < -0.4 is 0 Å². The van der Waals surface area contributed by atoms with Gasteiger partial charge in [-0.3, -0.25) is 4.79 Å². The Balaban J connectivity index is 1.54. The third-order valence-corrected chi connectivity index (χ3v) is 6.23. The highest BCUT2D eigenvalue weighted by molar-refractivity contribution is 5.67. The molecule has 4 saturated carbocycles. The van der Waals surface area contributed by atoms with Crippen molar-refractivity contribution in [3.05, 3.63) is 35.4 Å². The summed E-state index contributed by atoms with van der Waals surface area (Å²) >= 11 is 0. The molecule has 5 rings (SSSR count). The van der Waals surface area contributed by atoms with Crippen molar-refractivity contribution in [2.24, 2.45) is 17.8 Å². The van der Waals surface area contributed by atoms with Crippen LogP contribution >= 0.6 is 0 Å². The van der Waals surface area contributed by atoms with Gasteiger partial charge in [-0.15, -0.1) is 0 Å². The molecular weight excluding hydrogens is 260 g/mol. The molecule has 0 heterocycles. The molecule has 2 heteroatoms. The van der Waals surface area contributed by atoms with Crippen LogP contribution in [0.1, 0.15) is 56.1 Å². The zero-order valence-corrected chi connectivity index (χ0v) is 12.6. The van der Waals surface area contributed by atoms with Crippen LogP contribution in [0.15, 0.2) is 24.3 Å². The molecule has 0 spiro atoms. The topological polar surface area (TPSA) is 37.3 Å². The van der Waals surface area contributed by atoms with Gasteiger partial charge >= 0.3 is 5.97 Å². The second kappa shape index (κ2) is 4.86. The smallest absolute Gasteiger partial charge is 0.303 e. The second-order valence-electron chi connectivity index (χ2n) is 7.79. The van der Waals surface area contributed by atoms with Crippen LogP contribution in [0.3, 0.4) is 0 Å². The van der Waals surface area contributed by atoms with Gasteiger partial charge in [-0.25, -0.2) is 0 Å². The summed E-state index contributed by atoms with van der Waals surface area (Å²) in [5, 5.41) is 8.78. The van der Waals surface area contributed by atoms with Crippen molar-refractivity contribution in [3.63, 3.8) is 0 Å². The molecule has 4 bridgehead atoms. The molecule has 4 aliphatic carbocycles. The number of rotatable bonds is 4. The van der Waals surface area contributed by atoms with E-state index in [9.17, 15) is 4.79 Å². The number of carboxylic acids is 1. The molecule has 21 heavy (non-hydrogen) atoms. The first-order chi connectivity index (χ1) is 10.1. The third kappa shape index (κ3) is 2.39. The van der Waals surface area contributed by atoms with Crippen LogP contribution in [0.25, 0.3) is 0 Å². The molecule has 112 valence electrons. The highest BCUT2D eigenvalue weighted by atomic mass is 16.4. The molecule has 1 aromatic carbocycles. The van der Waals surface area contributed by atoms with E-state index in [1.807, 2.05) is 0 Å². The standard InChI is InChI=1S/C19H24O2/c20-18(21)6-3-13-1-4-17(5-2-13)19-10-14-7-15(11-19)9-16(8-14)12-19/h1-2,4-5,14-16H,3,6-12H2,(H,20,21). The molecule has 4 aliphatic rings. The Morgan fingerprint density at radius 1 is 1.00 bits per heavy atom. The van der Waals surface area contributed by atoms with E-state index in [0.717, 1.165) is 23.3 Å². The van der Waals surface area contributed by atoms with Gasteiger partial charge in [-0.2, -0.15) is 0 Å². The number of carbonyl (C=O) groups is 1. The molecule has 0 atom stereocenters. The maximum absolute atomic E-state index is 10.7. The number of aliphatic carboxylic acids is 1. The highest BCUT2D eigenvalue weighted by Gasteiger charge is 2.51. The van der Waals surface area contributed by atoms with Gasteiger partial charge < -0.3 is 5.11 Å². The lowest BCUT2D eigenvalue weighted by atomic mass is 9.48. The summed E-state index contributed by atoms with van der Waals surface area (Å²) in [6.07, 6.45) is 9.52. The summed E-state index contributed by atoms with van der Waals surface area (Å²) in [5.41, 5.74) is 3.15. The van der Waals surface area contributed by atoms with Gasteiger partial charge in [-0.1, -0.05) is 24.3 Å². The van der Waals surface area contributed by atoms with Gasteiger partial charge in [0.1, 0.15) is 0 Å². The normalized spacial score (nSPS) is 36.9. The van der Waals surface area contributed by atoms with Crippen molar-refractivity contribution < 1.29 is 9.90 Å². The first-order valence-electron chi connectivity index (χ1n) is 8.44. The molecule has 0 amide bonds.